The van der Waals surface area contributed by atoms with Gasteiger partial charge in [0, 0.05) is 38.8 Å². The molecule has 2 N–H and O–H groups in total. The first-order valence-corrected chi connectivity index (χ1v) is 9.61. The molecule has 1 heterocycles. The smallest absolute Gasteiger partial charge is 0.258 e. The first-order chi connectivity index (χ1) is 12.6. The summed E-state index contributed by atoms with van der Waals surface area (Å²) in [6.07, 6.45) is 0.433. The van der Waals surface area contributed by atoms with Crippen molar-refractivity contribution in [2.24, 2.45) is 0 Å². The van der Waals surface area contributed by atoms with Crippen LogP contribution in [0.2, 0.25) is 0 Å². The number of benzene rings is 2. The lowest BCUT2D eigenvalue weighted by atomic mass is 10.1. The molecule has 0 aromatic heterocycles. The number of nitrogens with zero attached hydrogens (tertiary/aromatic N) is 2. The summed E-state index contributed by atoms with van der Waals surface area (Å²) in [7, 11) is -1.23. The van der Waals surface area contributed by atoms with Gasteiger partial charge in [0.1, 0.15) is 5.82 Å². The van der Waals surface area contributed by atoms with Gasteiger partial charge in [0.05, 0.1) is 10.5 Å². The molecule has 2 aromatic carbocycles. The quantitative estimate of drug-likeness (QED) is 0.752. The Bertz CT molecular complexity index is 1000. The maximum Gasteiger partial charge on any atom is 0.258 e. The van der Waals surface area contributed by atoms with Gasteiger partial charge in [-0.2, -0.15) is 0 Å². The fourth-order valence-electron chi connectivity index (χ4n) is 3.00. The number of sulfonamides is 1. The number of phenols is 2. The predicted molar refractivity (Wildman–Crippen MR) is 95.5 cm³/mol. The number of hydrogen-bond acceptors (Lipinski definition) is 5. The van der Waals surface area contributed by atoms with E-state index in [0.29, 0.717) is 6.42 Å². The average molecular weight is 394 g/mol. The Kier molecular flexibility index (Phi) is 4.83. The Morgan fingerprint density at radius 2 is 1.81 bits per heavy atom. The third-order valence-corrected chi connectivity index (χ3v) is 6.42. The number of amides is 1. The van der Waals surface area contributed by atoms with Gasteiger partial charge in [0.2, 0.25) is 10.0 Å². The Labute approximate surface area is 156 Å². The maximum absolute atomic E-state index is 13.0. The molecular weight excluding hydrogens is 375 g/mol. The molecule has 0 aliphatic carbocycles. The van der Waals surface area contributed by atoms with Crippen molar-refractivity contribution >= 4 is 15.9 Å². The topological polar surface area (TPSA) is 98.2 Å². The summed E-state index contributed by atoms with van der Waals surface area (Å²) in [5.41, 5.74) is 0.769. The van der Waals surface area contributed by atoms with E-state index in [9.17, 15) is 27.8 Å². The zero-order chi connectivity index (χ0) is 19.9. The Morgan fingerprint density at radius 1 is 1.19 bits per heavy atom. The second-order valence-electron chi connectivity index (χ2n) is 6.49. The lowest BCUT2D eigenvalue weighted by Crippen LogP contribution is -2.26. The van der Waals surface area contributed by atoms with Crippen molar-refractivity contribution in [3.8, 4) is 11.5 Å². The fraction of sp³-hybridized carbons (Fsp3) is 0.278. The monoisotopic (exact) mass is 394 g/mol. The molecule has 0 saturated heterocycles. The van der Waals surface area contributed by atoms with Crippen molar-refractivity contribution in [1.29, 1.82) is 0 Å². The van der Waals surface area contributed by atoms with Crippen molar-refractivity contribution in [2.45, 2.75) is 17.9 Å². The molecule has 2 aromatic rings. The number of halogens is 1. The Morgan fingerprint density at radius 3 is 2.41 bits per heavy atom. The number of phenolic OH excluding ortho intramolecular Hbond substituents is 2. The van der Waals surface area contributed by atoms with Crippen LogP contribution in [0, 0.1) is 5.82 Å². The molecule has 3 rings (SSSR count). The molecule has 0 unspecified atom stereocenters. The number of carbonyl (C=O) groups is 1. The van der Waals surface area contributed by atoms with Crippen LogP contribution in [0.25, 0.3) is 0 Å². The van der Waals surface area contributed by atoms with E-state index in [0.717, 1.165) is 15.9 Å². The third kappa shape index (κ3) is 3.35. The summed E-state index contributed by atoms with van der Waals surface area (Å²) in [4.78, 5) is 13.9. The van der Waals surface area contributed by atoms with Crippen molar-refractivity contribution in [2.75, 3.05) is 20.6 Å². The van der Waals surface area contributed by atoms with E-state index in [-0.39, 0.29) is 34.9 Å². The zero-order valence-corrected chi connectivity index (χ0v) is 15.6. The minimum absolute atomic E-state index is 0.00833. The van der Waals surface area contributed by atoms with Gasteiger partial charge in [0.25, 0.3) is 5.91 Å². The van der Waals surface area contributed by atoms with E-state index >= 15 is 0 Å². The SMILES string of the molecule is CN(C)S(=O)(=O)c1cc(O)c(O)c2c1CN(CCc1ccc(F)cc1)C2=O. The molecule has 27 heavy (non-hydrogen) atoms. The van der Waals surface area contributed by atoms with Gasteiger partial charge in [-0.05, 0) is 24.1 Å². The first-order valence-electron chi connectivity index (χ1n) is 8.17. The molecule has 0 bridgehead atoms. The molecule has 1 aliphatic rings. The van der Waals surface area contributed by atoms with Gasteiger partial charge in [-0.25, -0.2) is 17.1 Å². The number of rotatable bonds is 5. The summed E-state index contributed by atoms with van der Waals surface area (Å²) < 4.78 is 39.1. The van der Waals surface area contributed by atoms with Crippen molar-refractivity contribution < 1.29 is 27.8 Å². The molecule has 144 valence electrons. The largest absolute Gasteiger partial charge is 0.504 e. The molecule has 0 radical (unpaired) electrons. The van der Waals surface area contributed by atoms with Gasteiger partial charge in [-0.15, -0.1) is 0 Å². The lowest BCUT2D eigenvalue weighted by Gasteiger charge is -2.16. The third-order valence-electron chi connectivity index (χ3n) is 4.54. The molecule has 0 atom stereocenters. The highest BCUT2D eigenvalue weighted by Crippen LogP contribution is 2.41. The normalized spacial score (nSPS) is 14.1. The van der Waals surface area contributed by atoms with Crippen molar-refractivity contribution in [3.63, 3.8) is 0 Å². The standard InChI is InChI=1S/C18H19FN2O5S/c1-20(2)27(25,26)15-9-14(22)17(23)16-13(15)10-21(18(16)24)8-7-11-3-5-12(19)6-4-11/h3-6,9,22-23H,7-8,10H2,1-2H3. The molecule has 1 aliphatic heterocycles. The van der Waals surface area contributed by atoms with Crippen LogP contribution in [-0.2, 0) is 23.0 Å². The highest BCUT2D eigenvalue weighted by molar-refractivity contribution is 7.89. The summed E-state index contributed by atoms with van der Waals surface area (Å²) >= 11 is 0. The Hall–Kier alpha value is -2.65. The first kappa shape index (κ1) is 19.1. The van der Waals surface area contributed by atoms with Crippen LogP contribution in [0.3, 0.4) is 0 Å². The van der Waals surface area contributed by atoms with E-state index in [1.807, 2.05) is 0 Å². The van der Waals surface area contributed by atoms with E-state index in [1.54, 1.807) is 12.1 Å². The van der Waals surface area contributed by atoms with E-state index in [4.69, 9.17) is 0 Å². The van der Waals surface area contributed by atoms with Gasteiger partial charge in [-0.3, -0.25) is 4.79 Å². The molecule has 0 spiro atoms. The van der Waals surface area contributed by atoms with Crippen LogP contribution in [0.5, 0.6) is 11.5 Å². The second kappa shape index (κ2) is 6.82. The number of aromatic hydroxyl groups is 2. The van der Waals surface area contributed by atoms with Crippen molar-refractivity contribution in [3.05, 3.63) is 52.8 Å². The molecule has 9 heteroatoms. The number of hydrogen-bond donors (Lipinski definition) is 2. The molecule has 0 saturated carbocycles. The molecule has 7 nitrogen and oxygen atoms in total. The fourth-order valence-corrected chi connectivity index (χ4v) is 4.14. The van der Waals surface area contributed by atoms with Crippen LogP contribution in [0.4, 0.5) is 4.39 Å². The minimum Gasteiger partial charge on any atom is -0.504 e. The number of carbonyl (C=O) groups excluding carboxylic acids is 1. The van der Waals surface area contributed by atoms with Crippen molar-refractivity contribution in [1.82, 2.24) is 9.21 Å². The Balaban J connectivity index is 1.94. The summed E-state index contributed by atoms with van der Waals surface area (Å²) in [6.45, 7) is 0.242. The van der Waals surface area contributed by atoms with Crippen LogP contribution < -0.4 is 0 Å². The zero-order valence-electron chi connectivity index (χ0n) is 14.8. The second-order valence-corrected chi connectivity index (χ2v) is 8.61. The van der Waals surface area contributed by atoms with Gasteiger partial charge in [0.15, 0.2) is 11.5 Å². The van der Waals surface area contributed by atoms with Crippen LogP contribution in [0.1, 0.15) is 21.5 Å². The van der Waals surface area contributed by atoms with Crippen LogP contribution in [0.15, 0.2) is 35.2 Å². The highest BCUT2D eigenvalue weighted by atomic mass is 32.2. The highest BCUT2D eigenvalue weighted by Gasteiger charge is 2.37. The number of fused-ring (bicyclic) bond motifs is 1. The molecule has 1 amide bonds. The van der Waals surface area contributed by atoms with E-state index in [1.165, 1.54) is 31.1 Å². The maximum atomic E-state index is 13.0. The summed E-state index contributed by atoms with van der Waals surface area (Å²) in [5, 5.41) is 20.0. The van der Waals surface area contributed by atoms with Crippen LogP contribution in [-0.4, -0.2) is 54.4 Å². The van der Waals surface area contributed by atoms with E-state index in [2.05, 4.69) is 0 Å². The van der Waals surface area contributed by atoms with E-state index < -0.39 is 27.4 Å². The lowest BCUT2D eigenvalue weighted by molar-refractivity contribution is 0.0777. The molecule has 0 fully saturated rings. The summed E-state index contributed by atoms with van der Waals surface area (Å²) in [5.74, 6) is -2.21. The van der Waals surface area contributed by atoms with Gasteiger partial charge in [-0.1, -0.05) is 12.1 Å². The molecular formula is C18H19FN2O5S. The predicted octanol–water partition coefficient (Wildman–Crippen LogP) is 1.69. The van der Waals surface area contributed by atoms with Crippen LogP contribution >= 0.6 is 0 Å². The summed E-state index contributed by atoms with van der Waals surface area (Å²) in [6, 6.07) is 6.81. The average Bonchev–Trinajstić information content (AvgIpc) is 2.94. The van der Waals surface area contributed by atoms with Gasteiger partial charge >= 0.3 is 0 Å². The minimum atomic E-state index is -3.92. The van der Waals surface area contributed by atoms with Gasteiger partial charge < -0.3 is 15.1 Å².